The van der Waals surface area contributed by atoms with E-state index in [1.54, 1.807) is 6.26 Å². The fraction of sp³-hybridized carbons (Fsp3) is 0.500. The van der Waals surface area contributed by atoms with Crippen LogP contribution in [0.15, 0.2) is 24.3 Å². The number of urea groups is 1. The Labute approximate surface area is 117 Å². The van der Waals surface area contributed by atoms with Gasteiger partial charge < -0.3 is 10.6 Å². The summed E-state index contributed by atoms with van der Waals surface area (Å²) in [4.78, 5) is 11.5. The minimum atomic E-state index is -0.877. The highest BCUT2D eigenvalue weighted by atomic mass is 32.2. The first-order chi connectivity index (χ1) is 9.11. The standard InChI is InChI=1S/C14H22N2O2S/c1-3-4-5-12-6-8-13(9-7-12)16-14(17)15-10-11-19(2)18/h6-9H,3-5,10-11H2,1-2H3,(H2,15,16,17). The quantitative estimate of drug-likeness (QED) is 0.807. The fourth-order valence-corrected chi connectivity index (χ4v) is 2.01. The van der Waals surface area contributed by atoms with Crippen molar-refractivity contribution in [3.63, 3.8) is 0 Å². The molecule has 0 aliphatic carbocycles. The van der Waals surface area contributed by atoms with Crippen molar-refractivity contribution in [1.29, 1.82) is 0 Å². The Kier molecular flexibility index (Phi) is 7.18. The number of aryl methyl sites for hydroxylation is 1. The van der Waals surface area contributed by atoms with Gasteiger partial charge in [-0.1, -0.05) is 25.5 Å². The van der Waals surface area contributed by atoms with Crippen LogP contribution < -0.4 is 10.6 Å². The van der Waals surface area contributed by atoms with E-state index in [1.807, 2.05) is 24.3 Å². The zero-order chi connectivity index (χ0) is 14.1. The fourth-order valence-electron chi connectivity index (χ4n) is 1.62. The summed E-state index contributed by atoms with van der Waals surface area (Å²) in [5, 5.41) is 5.42. The lowest BCUT2D eigenvalue weighted by Gasteiger charge is -2.07. The van der Waals surface area contributed by atoms with Gasteiger partial charge in [-0.3, -0.25) is 4.21 Å². The predicted octanol–water partition coefficient (Wildman–Crippen LogP) is 2.53. The number of anilines is 1. The average molecular weight is 282 g/mol. The van der Waals surface area contributed by atoms with E-state index in [1.165, 1.54) is 18.4 Å². The van der Waals surface area contributed by atoms with E-state index in [0.717, 1.165) is 12.1 Å². The Bertz CT molecular complexity index is 418. The smallest absolute Gasteiger partial charge is 0.319 e. The first kappa shape index (κ1) is 15.7. The maximum atomic E-state index is 11.5. The SMILES string of the molecule is CCCCc1ccc(NC(=O)NCCS(C)=O)cc1. The van der Waals surface area contributed by atoms with Gasteiger partial charge in [0, 0.05) is 35.0 Å². The third kappa shape index (κ3) is 6.96. The Morgan fingerprint density at radius 1 is 1.26 bits per heavy atom. The summed E-state index contributed by atoms with van der Waals surface area (Å²) < 4.78 is 10.8. The van der Waals surface area contributed by atoms with Gasteiger partial charge in [0.2, 0.25) is 0 Å². The molecule has 0 heterocycles. The molecule has 19 heavy (non-hydrogen) atoms. The highest BCUT2D eigenvalue weighted by Gasteiger charge is 2.01. The number of hydrogen-bond donors (Lipinski definition) is 2. The van der Waals surface area contributed by atoms with E-state index < -0.39 is 10.8 Å². The molecule has 0 aromatic heterocycles. The van der Waals surface area contributed by atoms with Gasteiger partial charge in [0.15, 0.2) is 0 Å². The normalized spacial score (nSPS) is 11.9. The molecule has 4 nitrogen and oxygen atoms in total. The van der Waals surface area contributed by atoms with E-state index in [9.17, 15) is 9.00 Å². The molecule has 0 saturated carbocycles. The summed E-state index contributed by atoms with van der Waals surface area (Å²) in [6.07, 6.45) is 5.06. The molecular weight excluding hydrogens is 260 g/mol. The molecule has 106 valence electrons. The lowest BCUT2D eigenvalue weighted by Crippen LogP contribution is -2.31. The monoisotopic (exact) mass is 282 g/mol. The summed E-state index contributed by atoms with van der Waals surface area (Å²) >= 11 is 0. The lowest BCUT2D eigenvalue weighted by atomic mass is 10.1. The van der Waals surface area contributed by atoms with Crippen LogP contribution in [-0.4, -0.2) is 28.8 Å². The predicted molar refractivity (Wildman–Crippen MR) is 81.0 cm³/mol. The maximum Gasteiger partial charge on any atom is 0.319 e. The van der Waals surface area contributed by atoms with E-state index >= 15 is 0 Å². The van der Waals surface area contributed by atoms with Crippen LogP contribution in [0.2, 0.25) is 0 Å². The molecular formula is C14H22N2O2S. The number of nitrogens with one attached hydrogen (secondary N) is 2. The van der Waals surface area contributed by atoms with Gasteiger partial charge in [-0.05, 0) is 30.5 Å². The van der Waals surface area contributed by atoms with E-state index in [2.05, 4.69) is 17.6 Å². The summed E-state index contributed by atoms with van der Waals surface area (Å²) in [5.41, 5.74) is 2.06. The molecule has 1 unspecified atom stereocenters. The van der Waals surface area contributed by atoms with Crippen molar-refractivity contribution in [2.45, 2.75) is 26.2 Å². The average Bonchev–Trinajstić information content (AvgIpc) is 2.37. The summed E-state index contributed by atoms with van der Waals surface area (Å²) in [6.45, 7) is 2.59. The van der Waals surface area contributed by atoms with Crippen molar-refractivity contribution in [3.05, 3.63) is 29.8 Å². The third-order valence-electron chi connectivity index (χ3n) is 2.71. The molecule has 2 amide bonds. The molecule has 5 heteroatoms. The molecule has 0 bridgehead atoms. The second-order valence-electron chi connectivity index (χ2n) is 4.46. The highest BCUT2D eigenvalue weighted by Crippen LogP contribution is 2.11. The van der Waals surface area contributed by atoms with Crippen molar-refractivity contribution in [2.24, 2.45) is 0 Å². The van der Waals surface area contributed by atoms with Crippen molar-refractivity contribution < 1.29 is 9.00 Å². The van der Waals surface area contributed by atoms with E-state index in [4.69, 9.17) is 0 Å². The largest absolute Gasteiger partial charge is 0.337 e. The van der Waals surface area contributed by atoms with Crippen LogP contribution in [0.4, 0.5) is 10.5 Å². The summed E-state index contributed by atoms with van der Waals surface area (Å²) in [5.74, 6) is 0.476. The minimum Gasteiger partial charge on any atom is -0.337 e. The molecule has 1 rings (SSSR count). The first-order valence-electron chi connectivity index (χ1n) is 6.55. The Balaban J connectivity index is 2.35. The number of amides is 2. The topological polar surface area (TPSA) is 58.2 Å². The first-order valence-corrected chi connectivity index (χ1v) is 8.28. The summed E-state index contributed by atoms with van der Waals surface area (Å²) in [6, 6.07) is 7.62. The lowest BCUT2D eigenvalue weighted by molar-refractivity contribution is 0.252. The molecule has 0 spiro atoms. The van der Waals surface area contributed by atoms with Crippen LogP contribution in [0.3, 0.4) is 0 Å². The van der Waals surface area contributed by atoms with Gasteiger partial charge >= 0.3 is 6.03 Å². The van der Waals surface area contributed by atoms with Crippen molar-refractivity contribution in [1.82, 2.24) is 5.32 Å². The molecule has 1 aromatic carbocycles. The van der Waals surface area contributed by atoms with Crippen molar-refractivity contribution in [2.75, 3.05) is 23.9 Å². The molecule has 1 atom stereocenters. The summed E-state index contributed by atoms with van der Waals surface area (Å²) in [7, 11) is -0.877. The van der Waals surface area contributed by atoms with Crippen molar-refractivity contribution in [3.8, 4) is 0 Å². The Morgan fingerprint density at radius 2 is 1.95 bits per heavy atom. The van der Waals surface area contributed by atoms with Gasteiger partial charge in [0.05, 0.1) is 0 Å². The molecule has 0 fully saturated rings. The number of unbranched alkanes of at least 4 members (excludes halogenated alkanes) is 1. The zero-order valence-electron chi connectivity index (χ0n) is 11.6. The second-order valence-corrected chi connectivity index (χ2v) is 6.01. The molecule has 0 aliphatic heterocycles. The molecule has 0 radical (unpaired) electrons. The van der Waals surface area contributed by atoms with E-state index in [0.29, 0.717) is 12.3 Å². The van der Waals surface area contributed by atoms with Gasteiger partial charge in [-0.15, -0.1) is 0 Å². The van der Waals surface area contributed by atoms with Gasteiger partial charge in [-0.25, -0.2) is 4.79 Å². The van der Waals surface area contributed by atoms with Gasteiger partial charge in [0.1, 0.15) is 0 Å². The number of hydrogen-bond acceptors (Lipinski definition) is 2. The highest BCUT2D eigenvalue weighted by molar-refractivity contribution is 7.84. The van der Waals surface area contributed by atoms with Crippen LogP contribution in [0.1, 0.15) is 25.3 Å². The van der Waals surface area contributed by atoms with Crippen LogP contribution in [-0.2, 0) is 17.2 Å². The molecule has 0 aliphatic rings. The minimum absolute atomic E-state index is 0.258. The second kappa shape index (κ2) is 8.69. The zero-order valence-corrected chi connectivity index (χ0v) is 12.4. The van der Waals surface area contributed by atoms with Crippen LogP contribution in [0.25, 0.3) is 0 Å². The Hall–Kier alpha value is -1.36. The van der Waals surface area contributed by atoms with Crippen LogP contribution >= 0.6 is 0 Å². The van der Waals surface area contributed by atoms with Gasteiger partial charge in [-0.2, -0.15) is 0 Å². The van der Waals surface area contributed by atoms with Crippen LogP contribution in [0, 0.1) is 0 Å². The number of carbonyl (C=O) groups is 1. The molecule has 2 N–H and O–H groups in total. The number of rotatable bonds is 7. The molecule has 1 aromatic rings. The van der Waals surface area contributed by atoms with E-state index in [-0.39, 0.29) is 6.03 Å². The number of carbonyl (C=O) groups excluding carboxylic acids is 1. The van der Waals surface area contributed by atoms with Crippen LogP contribution in [0.5, 0.6) is 0 Å². The molecule has 0 saturated heterocycles. The third-order valence-corrected chi connectivity index (χ3v) is 3.48. The van der Waals surface area contributed by atoms with Crippen molar-refractivity contribution >= 4 is 22.5 Å². The van der Waals surface area contributed by atoms with Gasteiger partial charge in [0.25, 0.3) is 0 Å². The Morgan fingerprint density at radius 3 is 2.53 bits per heavy atom. The number of benzene rings is 1. The maximum absolute atomic E-state index is 11.5.